The third kappa shape index (κ3) is 3.54. The van der Waals surface area contributed by atoms with Crippen molar-refractivity contribution >= 4 is 5.91 Å². The number of aromatic nitrogens is 1. The maximum atomic E-state index is 12.0. The zero-order valence-corrected chi connectivity index (χ0v) is 11.6. The summed E-state index contributed by atoms with van der Waals surface area (Å²) in [6, 6.07) is 1.95. The van der Waals surface area contributed by atoms with Gasteiger partial charge in [0.1, 0.15) is 0 Å². The van der Waals surface area contributed by atoms with E-state index in [4.69, 9.17) is 10.3 Å². The molecule has 1 atom stereocenters. The summed E-state index contributed by atoms with van der Waals surface area (Å²) in [7, 11) is 0. The highest BCUT2D eigenvalue weighted by Crippen LogP contribution is 2.11. The number of piperazine rings is 1. The lowest BCUT2D eigenvalue weighted by Crippen LogP contribution is -2.50. The Hall–Kier alpha value is -1.40. The largest absolute Gasteiger partial charge is 0.360 e. The number of nitrogens with two attached hydrogens (primary N) is 1. The van der Waals surface area contributed by atoms with Gasteiger partial charge in [0.2, 0.25) is 5.91 Å². The van der Waals surface area contributed by atoms with Crippen LogP contribution in [0.4, 0.5) is 0 Å². The smallest absolute Gasteiger partial charge is 0.226 e. The predicted molar refractivity (Wildman–Crippen MR) is 71.3 cm³/mol. The standard InChI is InChI=1S/C13H22N4O2/c1-10(8-14)13(18)17-5-3-16(4-6-17)9-12-7-11(2)15-19-12/h7,10H,3-6,8-9,14H2,1-2H3. The monoisotopic (exact) mass is 266 g/mol. The molecule has 19 heavy (non-hydrogen) atoms. The molecule has 106 valence electrons. The summed E-state index contributed by atoms with van der Waals surface area (Å²) in [5.74, 6) is 0.966. The number of carbonyl (C=O) groups excluding carboxylic acids is 1. The van der Waals surface area contributed by atoms with Crippen LogP contribution < -0.4 is 5.73 Å². The number of amides is 1. The molecule has 6 heteroatoms. The molecule has 0 bridgehead atoms. The maximum Gasteiger partial charge on any atom is 0.226 e. The molecule has 6 nitrogen and oxygen atoms in total. The lowest BCUT2D eigenvalue weighted by atomic mass is 10.1. The summed E-state index contributed by atoms with van der Waals surface area (Å²) in [6.45, 7) is 8.22. The van der Waals surface area contributed by atoms with Crippen LogP contribution in [0, 0.1) is 12.8 Å². The zero-order valence-electron chi connectivity index (χ0n) is 11.6. The first-order valence-corrected chi connectivity index (χ1v) is 6.73. The van der Waals surface area contributed by atoms with Crippen LogP contribution in [0.1, 0.15) is 18.4 Å². The Bertz CT molecular complexity index is 424. The molecule has 0 radical (unpaired) electrons. The van der Waals surface area contributed by atoms with Crippen molar-refractivity contribution in [3.05, 3.63) is 17.5 Å². The van der Waals surface area contributed by atoms with Crippen LogP contribution in [0.5, 0.6) is 0 Å². The van der Waals surface area contributed by atoms with Crippen LogP contribution in [0.15, 0.2) is 10.6 Å². The number of nitrogens with zero attached hydrogens (tertiary/aromatic N) is 3. The predicted octanol–water partition coefficient (Wildman–Crippen LogP) is 0.222. The SMILES string of the molecule is Cc1cc(CN2CCN(C(=O)C(C)CN)CC2)on1. The van der Waals surface area contributed by atoms with E-state index in [1.54, 1.807) is 0 Å². The second-order valence-electron chi connectivity index (χ2n) is 5.17. The average molecular weight is 266 g/mol. The number of aryl methyl sites for hydroxylation is 1. The van der Waals surface area contributed by atoms with Gasteiger partial charge in [-0.25, -0.2) is 0 Å². The average Bonchev–Trinajstić information content (AvgIpc) is 2.83. The first-order valence-electron chi connectivity index (χ1n) is 6.73. The molecular formula is C13H22N4O2. The fourth-order valence-electron chi connectivity index (χ4n) is 2.25. The second-order valence-corrected chi connectivity index (χ2v) is 5.17. The van der Waals surface area contributed by atoms with E-state index >= 15 is 0 Å². The molecule has 1 aromatic rings. The fourth-order valence-corrected chi connectivity index (χ4v) is 2.25. The number of rotatable bonds is 4. The summed E-state index contributed by atoms with van der Waals surface area (Å²) in [6.07, 6.45) is 0. The molecule has 0 spiro atoms. The van der Waals surface area contributed by atoms with E-state index in [0.29, 0.717) is 6.54 Å². The van der Waals surface area contributed by atoms with Gasteiger partial charge < -0.3 is 15.2 Å². The minimum atomic E-state index is -0.0801. The van der Waals surface area contributed by atoms with Crippen molar-refractivity contribution < 1.29 is 9.32 Å². The Morgan fingerprint density at radius 1 is 1.47 bits per heavy atom. The fraction of sp³-hybridized carbons (Fsp3) is 0.692. The van der Waals surface area contributed by atoms with Gasteiger partial charge in [0.15, 0.2) is 5.76 Å². The van der Waals surface area contributed by atoms with Crippen molar-refractivity contribution in [3.8, 4) is 0 Å². The molecule has 2 heterocycles. The van der Waals surface area contributed by atoms with Crippen molar-refractivity contribution in [1.29, 1.82) is 0 Å². The van der Waals surface area contributed by atoms with Crippen LogP contribution in [0.25, 0.3) is 0 Å². The molecular weight excluding hydrogens is 244 g/mol. The van der Waals surface area contributed by atoms with Crippen molar-refractivity contribution in [2.45, 2.75) is 20.4 Å². The van der Waals surface area contributed by atoms with Crippen LogP contribution >= 0.6 is 0 Å². The topological polar surface area (TPSA) is 75.6 Å². The molecule has 1 aliphatic heterocycles. The van der Waals surface area contributed by atoms with Gasteiger partial charge in [-0.3, -0.25) is 9.69 Å². The highest BCUT2D eigenvalue weighted by Gasteiger charge is 2.24. The molecule has 1 aliphatic rings. The van der Waals surface area contributed by atoms with Crippen LogP contribution in [0.2, 0.25) is 0 Å². The maximum absolute atomic E-state index is 12.0. The van der Waals surface area contributed by atoms with Gasteiger partial charge in [-0.15, -0.1) is 0 Å². The van der Waals surface area contributed by atoms with E-state index in [1.807, 2.05) is 24.8 Å². The lowest BCUT2D eigenvalue weighted by molar-refractivity contribution is -0.136. The highest BCUT2D eigenvalue weighted by molar-refractivity contribution is 5.78. The van der Waals surface area contributed by atoms with Gasteiger partial charge in [0.25, 0.3) is 0 Å². The minimum absolute atomic E-state index is 0.0801. The van der Waals surface area contributed by atoms with E-state index in [9.17, 15) is 4.79 Å². The van der Waals surface area contributed by atoms with Crippen molar-refractivity contribution in [2.75, 3.05) is 32.7 Å². The molecule has 1 amide bonds. The molecule has 1 unspecified atom stereocenters. The normalized spacial score (nSPS) is 18.6. The van der Waals surface area contributed by atoms with Crippen molar-refractivity contribution in [1.82, 2.24) is 15.0 Å². The molecule has 2 N–H and O–H groups in total. The minimum Gasteiger partial charge on any atom is -0.360 e. The summed E-state index contributed by atoms with van der Waals surface area (Å²) in [5, 5.41) is 3.88. The van der Waals surface area contributed by atoms with Crippen LogP contribution in [-0.4, -0.2) is 53.6 Å². The number of hydrogen-bond donors (Lipinski definition) is 1. The van der Waals surface area contributed by atoms with Crippen LogP contribution in [-0.2, 0) is 11.3 Å². The highest BCUT2D eigenvalue weighted by atomic mass is 16.5. The number of carbonyl (C=O) groups is 1. The van der Waals surface area contributed by atoms with Crippen molar-refractivity contribution in [3.63, 3.8) is 0 Å². The summed E-state index contributed by atoms with van der Waals surface area (Å²) in [4.78, 5) is 16.2. The Balaban J connectivity index is 1.81. The molecule has 0 aliphatic carbocycles. The summed E-state index contributed by atoms with van der Waals surface area (Å²) < 4.78 is 5.21. The molecule has 1 saturated heterocycles. The number of hydrogen-bond acceptors (Lipinski definition) is 5. The lowest BCUT2D eigenvalue weighted by Gasteiger charge is -2.35. The van der Waals surface area contributed by atoms with E-state index in [1.165, 1.54) is 0 Å². The first-order chi connectivity index (χ1) is 9.10. The van der Waals surface area contributed by atoms with Gasteiger partial charge in [-0.1, -0.05) is 12.1 Å². The van der Waals surface area contributed by atoms with Gasteiger partial charge in [0, 0.05) is 44.7 Å². The van der Waals surface area contributed by atoms with Gasteiger partial charge >= 0.3 is 0 Å². The molecule has 2 rings (SSSR count). The molecule has 1 aromatic heterocycles. The Morgan fingerprint density at radius 3 is 2.68 bits per heavy atom. The Labute approximate surface area is 113 Å². The Morgan fingerprint density at radius 2 is 2.16 bits per heavy atom. The third-order valence-corrected chi connectivity index (χ3v) is 3.52. The van der Waals surface area contributed by atoms with Crippen LogP contribution in [0.3, 0.4) is 0 Å². The van der Waals surface area contributed by atoms with E-state index in [0.717, 1.165) is 44.2 Å². The molecule has 1 fully saturated rings. The summed E-state index contributed by atoms with van der Waals surface area (Å²) >= 11 is 0. The van der Waals surface area contributed by atoms with Crippen molar-refractivity contribution in [2.24, 2.45) is 11.7 Å². The van der Waals surface area contributed by atoms with E-state index in [-0.39, 0.29) is 11.8 Å². The Kier molecular flexibility index (Phi) is 4.55. The van der Waals surface area contributed by atoms with Gasteiger partial charge in [-0.05, 0) is 6.92 Å². The molecule has 0 aromatic carbocycles. The van der Waals surface area contributed by atoms with Gasteiger partial charge in [0.05, 0.1) is 12.2 Å². The van der Waals surface area contributed by atoms with E-state index in [2.05, 4.69) is 10.1 Å². The van der Waals surface area contributed by atoms with E-state index < -0.39 is 0 Å². The zero-order chi connectivity index (χ0) is 13.8. The molecule has 0 saturated carbocycles. The summed E-state index contributed by atoms with van der Waals surface area (Å²) in [5.41, 5.74) is 6.44. The first kappa shape index (κ1) is 14.0. The second kappa shape index (κ2) is 6.16. The van der Waals surface area contributed by atoms with Gasteiger partial charge in [-0.2, -0.15) is 0 Å². The third-order valence-electron chi connectivity index (χ3n) is 3.52. The quantitative estimate of drug-likeness (QED) is 0.844.